The molecule has 0 bridgehead atoms. The van der Waals surface area contributed by atoms with Crippen LogP contribution in [0.1, 0.15) is 52.9 Å². The highest BCUT2D eigenvalue weighted by Gasteiger charge is 2.40. The Morgan fingerprint density at radius 2 is 2.13 bits per heavy atom. The number of aliphatic hydroxyl groups is 1. The SMILES string of the molecule is CCCC(CN)C(O)C1CCCC1(C)C. The van der Waals surface area contributed by atoms with Crippen molar-refractivity contribution < 1.29 is 5.11 Å². The van der Waals surface area contributed by atoms with Crippen molar-refractivity contribution in [3.63, 3.8) is 0 Å². The van der Waals surface area contributed by atoms with Crippen molar-refractivity contribution in [1.29, 1.82) is 0 Å². The van der Waals surface area contributed by atoms with Crippen LogP contribution in [0.15, 0.2) is 0 Å². The predicted molar refractivity (Wildman–Crippen MR) is 64.6 cm³/mol. The van der Waals surface area contributed by atoms with Crippen molar-refractivity contribution in [2.75, 3.05) is 6.54 Å². The molecule has 1 saturated carbocycles. The normalized spacial score (nSPS) is 29.0. The maximum atomic E-state index is 10.4. The Morgan fingerprint density at radius 1 is 1.47 bits per heavy atom. The molecule has 3 atom stereocenters. The molecule has 0 saturated heterocycles. The molecule has 0 aromatic carbocycles. The molecule has 1 rings (SSSR count). The highest BCUT2D eigenvalue weighted by molar-refractivity contribution is 4.91. The van der Waals surface area contributed by atoms with E-state index in [-0.39, 0.29) is 6.10 Å². The number of nitrogens with two attached hydrogens (primary N) is 1. The van der Waals surface area contributed by atoms with Crippen LogP contribution in [0.4, 0.5) is 0 Å². The van der Waals surface area contributed by atoms with Crippen LogP contribution < -0.4 is 5.73 Å². The summed E-state index contributed by atoms with van der Waals surface area (Å²) in [7, 11) is 0. The molecule has 0 aromatic heterocycles. The van der Waals surface area contributed by atoms with E-state index < -0.39 is 0 Å². The van der Waals surface area contributed by atoms with Gasteiger partial charge in [-0.05, 0) is 43.1 Å². The average molecular weight is 213 g/mol. The highest BCUT2D eigenvalue weighted by atomic mass is 16.3. The van der Waals surface area contributed by atoms with Crippen molar-refractivity contribution in [2.45, 2.75) is 59.0 Å². The molecule has 2 nitrogen and oxygen atoms in total. The molecule has 3 N–H and O–H groups in total. The van der Waals surface area contributed by atoms with Crippen LogP contribution in [-0.2, 0) is 0 Å². The Morgan fingerprint density at radius 3 is 2.53 bits per heavy atom. The Hall–Kier alpha value is -0.0800. The van der Waals surface area contributed by atoms with Crippen molar-refractivity contribution in [1.82, 2.24) is 0 Å². The lowest BCUT2D eigenvalue weighted by atomic mass is 9.74. The van der Waals surface area contributed by atoms with Gasteiger partial charge in [-0.25, -0.2) is 0 Å². The lowest BCUT2D eigenvalue weighted by Gasteiger charge is -2.35. The second kappa shape index (κ2) is 5.31. The van der Waals surface area contributed by atoms with E-state index >= 15 is 0 Å². The van der Waals surface area contributed by atoms with Gasteiger partial charge in [0, 0.05) is 0 Å². The minimum absolute atomic E-state index is 0.188. The summed E-state index contributed by atoms with van der Waals surface area (Å²) in [5, 5.41) is 10.4. The van der Waals surface area contributed by atoms with Crippen molar-refractivity contribution in [3.05, 3.63) is 0 Å². The molecule has 90 valence electrons. The quantitative estimate of drug-likeness (QED) is 0.737. The maximum Gasteiger partial charge on any atom is 0.0613 e. The molecule has 2 heteroatoms. The van der Waals surface area contributed by atoms with E-state index in [1.807, 2.05) is 0 Å². The van der Waals surface area contributed by atoms with Gasteiger partial charge in [0.25, 0.3) is 0 Å². The first-order chi connectivity index (χ1) is 7.03. The summed E-state index contributed by atoms with van der Waals surface area (Å²) in [5.74, 6) is 0.759. The van der Waals surface area contributed by atoms with E-state index in [9.17, 15) is 5.11 Å². The number of rotatable bonds is 5. The highest BCUT2D eigenvalue weighted by Crippen LogP contribution is 2.46. The topological polar surface area (TPSA) is 46.2 Å². The fraction of sp³-hybridized carbons (Fsp3) is 1.00. The first-order valence-electron chi connectivity index (χ1n) is 6.41. The zero-order valence-electron chi connectivity index (χ0n) is 10.5. The van der Waals surface area contributed by atoms with E-state index in [2.05, 4.69) is 20.8 Å². The zero-order chi connectivity index (χ0) is 11.5. The van der Waals surface area contributed by atoms with Crippen molar-refractivity contribution in [2.24, 2.45) is 23.0 Å². The summed E-state index contributed by atoms with van der Waals surface area (Å²) in [6.45, 7) is 7.36. The summed E-state index contributed by atoms with van der Waals surface area (Å²) in [5.41, 5.74) is 6.06. The monoisotopic (exact) mass is 213 g/mol. The largest absolute Gasteiger partial charge is 0.392 e. The molecular weight excluding hydrogens is 186 g/mol. The van der Waals surface area contributed by atoms with Crippen molar-refractivity contribution in [3.8, 4) is 0 Å². The van der Waals surface area contributed by atoms with Crippen LogP contribution in [-0.4, -0.2) is 17.8 Å². The second-order valence-electron chi connectivity index (χ2n) is 5.76. The Bertz CT molecular complexity index is 191. The van der Waals surface area contributed by atoms with E-state index in [1.54, 1.807) is 0 Å². The molecule has 0 radical (unpaired) electrons. The molecule has 1 aliphatic carbocycles. The summed E-state index contributed by atoms with van der Waals surface area (Å²) in [6, 6.07) is 0. The van der Waals surface area contributed by atoms with Crippen molar-refractivity contribution >= 4 is 0 Å². The van der Waals surface area contributed by atoms with E-state index in [0.29, 0.717) is 23.8 Å². The first-order valence-corrected chi connectivity index (χ1v) is 6.41. The molecule has 3 unspecified atom stereocenters. The van der Waals surface area contributed by atoms with Gasteiger partial charge in [0.2, 0.25) is 0 Å². The minimum atomic E-state index is -0.188. The minimum Gasteiger partial charge on any atom is -0.392 e. The van der Waals surface area contributed by atoms with E-state index in [4.69, 9.17) is 5.73 Å². The Labute approximate surface area is 94.2 Å². The molecule has 0 amide bonds. The van der Waals surface area contributed by atoms with Gasteiger partial charge in [0.05, 0.1) is 6.10 Å². The summed E-state index contributed by atoms with van der Waals surface area (Å²) in [6.07, 6.45) is 5.67. The molecule has 1 aliphatic rings. The van der Waals surface area contributed by atoms with Crippen LogP contribution in [0.25, 0.3) is 0 Å². The number of hydrogen-bond donors (Lipinski definition) is 2. The average Bonchev–Trinajstić information content (AvgIpc) is 2.53. The fourth-order valence-electron chi connectivity index (χ4n) is 3.11. The van der Waals surface area contributed by atoms with Crippen LogP contribution in [0, 0.1) is 17.3 Å². The molecule has 0 heterocycles. The molecule has 15 heavy (non-hydrogen) atoms. The Balaban J connectivity index is 2.61. The van der Waals surface area contributed by atoms with Crippen LogP contribution in [0.2, 0.25) is 0 Å². The number of aliphatic hydroxyl groups excluding tert-OH is 1. The van der Waals surface area contributed by atoms with Gasteiger partial charge >= 0.3 is 0 Å². The van der Waals surface area contributed by atoms with Crippen LogP contribution in [0.5, 0.6) is 0 Å². The lowest BCUT2D eigenvalue weighted by molar-refractivity contribution is 0.00859. The van der Waals surface area contributed by atoms with Gasteiger partial charge < -0.3 is 10.8 Å². The van der Waals surface area contributed by atoms with Crippen LogP contribution in [0.3, 0.4) is 0 Å². The summed E-state index contributed by atoms with van der Waals surface area (Å²) >= 11 is 0. The third-order valence-electron chi connectivity index (χ3n) is 4.20. The fourth-order valence-corrected chi connectivity index (χ4v) is 3.11. The first kappa shape index (κ1) is 13.0. The molecule has 1 fully saturated rings. The molecule has 0 spiro atoms. The third-order valence-corrected chi connectivity index (χ3v) is 4.20. The predicted octanol–water partition coefficient (Wildman–Crippen LogP) is 2.55. The zero-order valence-corrected chi connectivity index (χ0v) is 10.5. The van der Waals surface area contributed by atoms with Gasteiger partial charge in [-0.3, -0.25) is 0 Å². The Kier molecular flexibility index (Phi) is 4.60. The standard InChI is InChI=1S/C13H27NO/c1-4-6-10(9-14)12(15)11-7-5-8-13(11,2)3/h10-12,15H,4-9,14H2,1-3H3. The van der Waals surface area contributed by atoms with E-state index in [1.165, 1.54) is 19.3 Å². The summed E-state index contributed by atoms with van der Waals surface area (Å²) < 4.78 is 0. The van der Waals surface area contributed by atoms with Gasteiger partial charge in [0.15, 0.2) is 0 Å². The van der Waals surface area contributed by atoms with Gasteiger partial charge in [0.1, 0.15) is 0 Å². The van der Waals surface area contributed by atoms with Gasteiger partial charge in [-0.15, -0.1) is 0 Å². The smallest absolute Gasteiger partial charge is 0.0613 e. The van der Waals surface area contributed by atoms with Crippen LogP contribution >= 0.6 is 0 Å². The molecule has 0 aliphatic heterocycles. The molecular formula is C13H27NO. The van der Waals surface area contributed by atoms with Gasteiger partial charge in [-0.1, -0.05) is 33.6 Å². The molecule has 0 aromatic rings. The number of hydrogen-bond acceptors (Lipinski definition) is 2. The maximum absolute atomic E-state index is 10.4. The lowest BCUT2D eigenvalue weighted by Crippen LogP contribution is -2.38. The summed E-state index contributed by atoms with van der Waals surface area (Å²) in [4.78, 5) is 0. The van der Waals surface area contributed by atoms with Gasteiger partial charge in [-0.2, -0.15) is 0 Å². The van der Waals surface area contributed by atoms with E-state index in [0.717, 1.165) is 12.8 Å². The second-order valence-corrected chi connectivity index (χ2v) is 5.76. The third kappa shape index (κ3) is 2.94.